The zero-order chi connectivity index (χ0) is 16.9. The number of likely N-dealkylation sites (tertiary alicyclic amines) is 1. The molecule has 1 aromatic rings. The van der Waals surface area contributed by atoms with Crippen molar-refractivity contribution in [2.45, 2.75) is 45.1 Å². The van der Waals surface area contributed by atoms with Crippen LogP contribution in [-0.4, -0.2) is 48.9 Å². The van der Waals surface area contributed by atoms with Gasteiger partial charge in [0.25, 0.3) is 0 Å². The van der Waals surface area contributed by atoms with Crippen molar-refractivity contribution in [3.63, 3.8) is 0 Å². The van der Waals surface area contributed by atoms with Gasteiger partial charge in [-0.15, -0.1) is 0 Å². The highest BCUT2D eigenvalue weighted by Gasteiger charge is 2.37. The maximum absolute atomic E-state index is 12.7. The molecule has 2 amide bonds. The van der Waals surface area contributed by atoms with E-state index in [0.717, 1.165) is 30.9 Å². The van der Waals surface area contributed by atoms with Crippen molar-refractivity contribution in [3.05, 3.63) is 29.8 Å². The summed E-state index contributed by atoms with van der Waals surface area (Å²) in [6, 6.07) is 7.42. The number of hydrogen-bond donors (Lipinski definition) is 1. The highest BCUT2D eigenvalue weighted by Crippen LogP contribution is 2.32. The summed E-state index contributed by atoms with van der Waals surface area (Å²) < 4.78 is 0. The highest BCUT2D eigenvalue weighted by atomic mass is 16.2. The largest absolute Gasteiger partial charge is 0.353 e. The van der Waals surface area contributed by atoms with Gasteiger partial charge in [-0.25, -0.2) is 0 Å². The van der Waals surface area contributed by atoms with Crippen molar-refractivity contribution in [2.75, 3.05) is 31.1 Å². The maximum Gasteiger partial charge on any atom is 0.243 e. The van der Waals surface area contributed by atoms with Gasteiger partial charge < -0.3 is 10.2 Å². The van der Waals surface area contributed by atoms with Gasteiger partial charge in [0, 0.05) is 31.6 Å². The number of fused-ring (bicyclic) bond motifs is 1. The average Bonchev–Trinajstić information content (AvgIpc) is 3.01. The molecule has 3 rings (SSSR count). The number of carbonyl (C=O) groups excluding carboxylic acids is 2. The fourth-order valence-corrected chi connectivity index (χ4v) is 3.71. The second-order valence-electron chi connectivity index (χ2n) is 6.66. The predicted octanol–water partition coefficient (Wildman–Crippen LogP) is 1.96. The van der Waals surface area contributed by atoms with Crippen LogP contribution in [0.15, 0.2) is 24.3 Å². The fourth-order valence-electron chi connectivity index (χ4n) is 3.71. The number of piperidine rings is 1. The number of rotatable bonds is 5. The number of nitrogens with zero attached hydrogens (tertiary/aromatic N) is 2. The SMILES string of the molecule is CCC(=O)N1c2ccccc2C[C@H]1C(=O)NCCN1CCCCC1. The Hall–Kier alpha value is -1.88. The molecule has 130 valence electrons. The molecular weight excluding hydrogens is 302 g/mol. The van der Waals surface area contributed by atoms with Crippen LogP contribution >= 0.6 is 0 Å². The van der Waals surface area contributed by atoms with Gasteiger partial charge in [-0.2, -0.15) is 0 Å². The van der Waals surface area contributed by atoms with Crippen LogP contribution in [0.2, 0.25) is 0 Å². The smallest absolute Gasteiger partial charge is 0.243 e. The minimum Gasteiger partial charge on any atom is -0.353 e. The molecule has 1 atom stereocenters. The summed E-state index contributed by atoms with van der Waals surface area (Å²) in [7, 11) is 0. The van der Waals surface area contributed by atoms with E-state index < -0.39 is 6.04 Å². The Labute approximate surface area is 144 Å². The van der Waals surface area contributed by atoms with Crippen molar-refractivity contribution >= 4 is 17.5 Å². The van der Waals surface area contributed by atoms with Crippen LogP contribution in [-0.2, 0) is 16.0 Å². The molecule has 24 heavy (non-hydrogen) atoms. The number of para-hydroxylation sites is 1. The first-order chi connectivity index (χ1) is 11.7. The van der Waals surface area contributed by atoms with Crippen molar-refractivity contribution in [2.24, 2.45) is 0 Å². The van der Waals surface area contributed by atoms with E-state index in [1.54, 1.807) is 4.90 Å². The molecule has 1 fully saturated rings. The van der Waals surface area contributed by atoms with Crippen molar-refractivity contribution in [1.29, 1.82) is 0 Å². The van der Waals surface area contributed by atoms with Crippen molar-refractivity contribution in [1.82, 2.24) is 10.2 Å². The van der Waals surface area contributed by atoms with E-state index in [-0.39, 0.29) is 11.8 Å². The van der Waals surface area contributed by atoms with Crippen LogP contribution in [0, 0.1) is 0 Å². The maximum atomic E-state index is 12.7. The molecule has 0 bridgehead atoms. The quantitative estimate of drug-likeness (QED) is 0.898. The Kier molecular flexibility index (Phi) is 5.51. The molecule has 1 aromatic carbocycles. The van der Waals surface area contributed by atoms with Crippen LogP contribution in [0.5, 0.6) is 0 Å². The van der Waals surface area contributed by atoms with E-state index in [1.807, 2.05) is 31.2 Å². The highest BCUT2D eigenvalue weighted by molar-refractivity contribution is 6.03. The van der Waals surface area contributed by atoms with E-state index >= 15 is 0 Å². The third-order valence-corrected chi connectivity index (χ3v) is 5.03. The molecule has 0 aromatic heterocycles. The first kappa shape index (κ1) is 17.0. The molecular formula is C19H27N3O2. The lowest BCUT2D eigenvalue weighted by atomic mass is 10.1. The molecule has 0 spiro atoms. The fraction of sp³-hybridized carbons (Fsp3) is 0.579. The van der Waals surface area contributed by atoms with Crippen LogP contribution in [0.1, 0.15) is 38.2 Å². The summed E-state index contributed by atoms with van der Waals surface area (Å²) in [4.78, 5) is 29.1. The molecule has 2 heterocycles. The van der Waals surface area contributed by atoms with Crippen LogP contribution in [0.4, 0.5) is 5.69 Å². The Morgan fingerprint density at radius 1 is 1.17 bits per heavy atom. The molecule has 2 aliphatic heterocycles. The molecule has 0 unspecified atom stereocenters. The lowest BCUT2D eigenvalue weighted by Crippen LogP contribution is -2.49. The Balaban J connectivity index is 1.60. The van der Waals surface area contributed by atoms with Crippen molar-refractivity contribution < 1.29 is 9.59 Å². The monoisotopic (exact) mass is 329 g/mol. The number of hydrogen-bond acceptors (Lipinski definition) is 3. The standard InChI is InChI=1S/C19H27N3O2/c1-2-18(23)22-16-9-5-4-8-15(16)14-17(22)19(24)20-10-13-21-11-6-3-7-12-21/h4-5,8-9,17H,2-3,6-7,10-14H2,1H3,(H,20,24)/t17-/m0/s1. The number of anilines is 1. The second kappa shape index (κ2) is 7.79. The zero-order valence-corrected chi connectivity index (χ0v) is 14.5. The van der Waals surface area contributed by atoms with Gasteiger partial charge in [0.15, 0.2) is 0 Å². The van der Waals surface area contributed by atoms with Gasteiger partial charge in [0.2, 0.25) is 11.8 Å². The molecule has 5 heteroatoms. The molecule has 1 saturated heterocycles. The van der Waals surface area contributed by atoms with E-state index in [0.29, 0.717) is 19.4 Å². The average molecular weight is 329 g/mol. The molecule has 0 radical (unpaired) electrons. The predicted molar refractivity (Wildman–Crippen MR) is 95.0 cm³/mol. The molecule has 1 N–H and O–H groups in total. The lowest BCUT2D eigenvalue weighted by Gasteiger charge is -2.27. The normalized spacial score (nSPS) is 20.7. The Morgan fingerprint density at radius 3 is 2.67 bits per heavy atom. The third kappa shape index (κ3) is 3.61. The third-order valence-electron chi connectivity index (χ3n) is 5.03. The summed E-state index contributed by atoms with van der Waals surface area (Å²) >= 11 is 0. The van der Waals surface area contributed by atoms with E-state index in [9.17, 15) is 9.59 Å². The minimum atomic E-state index is -0.406. The lowest BCUT2D eigenvalue weighted by molar-refractivity contribution is -0.126. The van der Waals surface area contributed by atoms with Gasteiger partial charge in [-0.1, -0.05) is 31.5 Å². The van der Waals surface area contributed by atoms with E-state index in [2.05, 4.69) is 10.2 Å². The number of nitrogens with one attached hydrogen (secondary N) is 1. The van der Waals surface area contributed by atoms with Crippen LogP contribution < -0.4 is 10.2 Å². The number of benzene rings is 1. The van der Waals surface area contributed by atoms with Gasteiger partial charge in [0.05, 0.1) is 0 Å². The summed E-state index contributed by atoms with van der Waals surface area (Å²) in [5, 5.41) is 3.04. The number of amides is 2. The zero-order valence-electron chi connectivity index (χ0n) is 14.5. The van der Waals surface area contributed by atoms with E-state index in [4.69, 9.17) is 0 Å². The summed E-state index contributed by atoms with van der Waals surface area (Å²) in [5.41, 5.74) is 1.97. The second-order valence-corrected chi connectivity index (χ2v) is 6.66. The first-order valence-corrected chi connectivity index (χ1v) is 9.10. The van der Waals surface area contributed by atoms with Gasteiger partial charge in [0.1, 0.15) is 6.04 Å². The minimum absolute atomic E-state index is 0.0103. The van der Waals surface area contributed by atoms with Crippen molar-refractivity contribution in [3.8, 4) is 0 Å². The van der Waals surface area contributed by atoms with Gasteiger partial charge in [-0.05, 0) is 37.6 Å². The summed E-state index contributed by atoms with van der Waals surface area (Å²) in [6.45, 7) is 5.65. The van der Waals surface area contributed by atoms with Gasteiger partial charge in [-0.3, -0.25) is 14.5 Å². The van der Waals surface area contributed by atoms with Crippen LogP contribution in [0.3, 0.4) is 0 Å². The van der Waals surface area contributed by atoms with Crippen LogP contribution in [0.25, 0.3) is 0 Å². The summed E-state index contributed by atoms with van der Waals surface area (Å²) in [5.74, 6) is -0.0267. The Morgan fingerprint density at radius 2 is 1.92 bits per heavy atom. The Bertz CT molecular complexity index is 596. The number of carbonyl (C=O) groups is 2. The molecule has 2 aliphatic rings. The van der Waals surface area contributed by atoms with Gasteiger partial charge >= 0.3 is 0 Å². The summed E-state index contributed by atoms with van der Waals surface area (Å²) in [6.07, 6.45) is 4.84. The first-order valence-electron chi connectivity index (χ1n) is 9.10. The molecule has 5 nitrogen and oxygen atoms in total. The molecule has 0 aliphatic carbocycles. The van der Waals surface area contributed by atoms with E-state index in [1.165, 1.54) is 19.3 Å². The molecule has 0 saturated carbocycles. The topological polar surface area (TPSA) is 52.7 Å².